The van der Waals surface area contributed by atoms with E-state index in [0.29, 0.717) is 51.9 Å². The molecular weight excluding hydrogens is 1620 g/mol. The molecule has 6 amide bonds. The summed E-state index contributed by atoms with van der Waals surface area (Å²) in [7, 11) is 0. The largest absolute Gasteiger partial charge is 0.394 e. The van der Waals surface area contributed by atoms with Crippen LogP contribution in [-0.4, -0.2) is 358 Å². The maximum absolute atomic E-state index is 14.4. The second kappa shape index (κ2) is 46.0. The van der Waals surface area contributed by atoms with Crippen LogP contribution in [0.4, 0.5) is 0 Å². The van der Waals surface area contributed by atoms with Gasteiger partial charge in [-0.1, -0.05) is 108 Å². The Balaban J connectivity index is 0.595. The molecule has 6 aliphatic heterocycles. The molecule has 4 saturated carbocycles. The van der Waals surface area contributed by atoms with Crippen LogP contribution in [0.3, 0.4) is 0 Å². The first-order valence-electron chi connectivity index (χ1n) is 45.4. The van der Waals surface area contributed by atoms with Crippen LogP contribution in [0.5, 0.6) is 0 Å². The highest BCUT2D eigenvalue weighted by Crippen LogP contribution is 2.44. The molecule has 12 rings (SSSR count). The number of aliphatic hydroxyl groups excluding tert-OH is 10. The fraction of sp³-hybridized carbons (Fsp3) is 0.869. The van der Waals surface area contributed by atoms with Crippen LogP contribution in [0.25, 0.3) is 0 Å². The highest BCUT2D eigenvalue weighted by atomic mass is 16.7. The van der Waals surface area contributed by atoms with Crippen LogP contribution in [-0.2, 0) is 89.2 Å². The molecule has 40 heteroatoms. The summed E-state index contributed by atoms with van der Waals surface area (Å²) in [6.07, 6.45) is -13.0. The number of carbonyl (C=O) groups is 7. The number of Topliss-reactive ketones (excluding diaryl/α,β-unsaturated/α-hetero) is 1. The first-order chi connectivity index (χ1) is 59.6. The van der Waals surface area contributed by atoms with Crippen LogP contribution >= 0.6 is 0 Å². The van der Waals surface area contributed by atoms with Crippen LogP contribution in [0.2, 0.25) is 0 Å². The zero-order chi connectivity index (χ0) is 88.6. The molecule has 14 N–H and O–H groups in total. The first kappa shape index (κ1) is 97.0. The zero-order valence-corrected chi connectivity index (χ0v) is 72.3. The standard InChI is InChI=1S/C84H136N12O28/c1-7-50-36-52(38-57(73(50)123-83-70(107)68(105)64(101)45(4)115-83)120-82-63(88-47(6)99)75(67(104)62(43-98)122-82)118-60(80(113)94-28-17-29-94)35-49-20-13-10-14-21-49)56(100)22-15-23-85-77(110)54-40-95(91-89-54)30-32-114-33-31-96-41-55(90-92-96)78(111)87-25-24-86-76(109)53-37-51(8-2)74(124-84-71(108)69(106)65(102)46(5)116-84)58(39-53)119-81-44(3)72(66(103)61(42-97)121-81)117-59(79(112)93-26-16-27-93)34-48-18-11-9-12-19-48/h40-41,44-46,48-53,57-75,81-84,97-98,101-108H,7-39,42-43H2,1-6H3,(H,85,110)(H,86,109)(H,87,111)(H,88,99)/t44-,45+,46+,50+,51+,52-,53-,57-,58-,59+,60?,61-,62-,63-,64-,65-,66+,67+,68-,69-,70+,71+,72-,73-,74-,75-,81-,82-,83+,84+/m1/s1. The van der Waals surface area contributed by atoms with Crippen molar-refractivity contribution < 1.29 is 137 Å². The zero-order valence-electron chi connectivity index (χ0n) is 72.3. The molecule has 10 aliphatic rings. The third-order valence-corrected chi connectivity index (χ3v) is 27.1. The number of hydrogen-bond donors (Lipinski definition) is 14. The molecule has 0 bridgehead atoms. The summed E-state index contributed by atoms with van der Waals surface area (Å²) in [5.41, 5.74) is 0.0199. The highest BCUT2D eigenvalue weighted by molar-refractivity contribution is 5.92. The Bertz CT molecular complexity index is 3720. The molecule has 0 aromatic carbocycles. The van der Waals surface area contributed by atoms with E-state index in [1.54, 1.807) is 16.7 Å². The lowest BCUT2D eigenvalue weighted by Crippen LogP contribution is -2.67. The summed E-state index contributed by atoms with van der Waals surface area (Å²) in [6, 6.07) is -1.27. The summed E-state index contributed by atoms with van der Waals surface area (Å²) < 4.78 is 73.3. The van der Waals surface area contributed by atoms with Crippen LogP contribution in [0.1, 0.15) is 204 Å². The lowest BCUT2D eigenvalue weighted by molar-refractivity contribution is -0.343. The van der Waals surface area contributed by atoms with Crippen molar-refractivity contribution >= 4 is 41.2 Å². The Hall–Kier alpha value is -6.07. The smallest absolute Gasteiger partial charge is 0.273 e. The van der Waals surface area contributed by atoms with E-state index in [2.05, 4.69) is 41.9 Å². The van der Waals surface area contributed by atoms with E-state index in [-0.39, 0.29) is 131 Å². The topological polar surface area (TPSA) is 539 Å². The van der Waals surface area contributed by atoms with Crippen molar-refractivity contribution in [2.75, 3.05) is 72.2 Å². The van der Waals surface area contributed by atoms with Gasteiger partial charge in [-0.3, -0.25) is 33.6 Å². The number of amides is 6. The number of aliphatic hydroxyl groups is 10. The van der Waals surface area contributed by atoms with Gasteiger partial charge in [0, 0.05) is 76.9 Å². The SMILES string of the molecule is CC[C@H]1C[C@@H](C(=O)NCCNC(=O)c2cn(CCOCCn3cc(C(=O)NCCCC(=O)[C@@H]4C[C@H](CC)[C@@H](O[C@@H]5O[C@@H](C)[C@@H](O)[C@@H](O)[C@@H]5O)[C@H](O[C@@H]5O[C@H](CO)[C@H](O)[C@H](OC(CC6CCCCC6)C(=O)N6CCC6)[C@H]5NC(C)=O)C4)nn3)nn2)C[C@@H](O[C@@H]2O[C@H](CO)[C@H](O)[C@H](O[C@@H](CC3CCCCC3)C(=O)N3CCC3)[C@H]2C)[C@@H]1O[C@@H]1O[C@@H](C)[C@@H](O)[C@@H](O)[C@@H]1O. The average molecular weight is 1760 g/mol. The first-order valence-corrected chi connectivity index (χ1v) is 45.4. The van der Waals surface area contributed by atoms with Crippen LogP contribution < -0.4 is 21.3 Å². The van der Waals surface area contributed by atoms with Gasteiger partial charge >= 0.3 is 0 Å². The van der Waals surface area contributed by atoms with Crippen molar-refractivity contribution in [3.05, 3.63) is 23.8 Å². The Morgan fingerprint density at radius 1 is 0.500 bits per heavy atom. The number of nitrogens with zero attached hydrogens (tertiary/aromatic N) is 8. The van der Waals surface area contributed by atoms with Crippen molar-refractivity contribution in [3.63, 3.8) is 0 Å². The average Bonchev–Trinajstić information content (AvgIpc) is 1.12. The monoisotopic (exact) mass is 1760 g/mol. The number of ether oxygens (including phenoxy) is 11. The Morgan fingerprint density at radius 2 is 0.952 bits per heavy atom. The molecule has 4 aliphatic carbocycles. The van der Waals surface area contributed by atoms with E-state index < -0.39 is 214 Å². The second-order valence-electron chi connectivity index (χ2n) is 35.8. The van der Waals surface area contributed by atoms with Gasteiger partial charge in [-0.15, -0.1) is 10.2 Å². The van der Waals surface area contributed by atoms with E-state index in [4.69, 9.17) is 52.1 Å². The third-order valence-electron chi connectivity index (χ3n) is 27.1. The third kappa shape index (κ3) is 24.5. The number of nitrogens with one attached hydrogen (secondary N) is 4. The molecule has 8 heterocycles. The fourth-order valence-electron chi connectivity index (χ4n) is 19.3. The summed E-state index contributed by atoms with van der Waals surface area (Å²) in [6.45, 7) is 11.7. The normalized spacial score (nSPS) is 36.2. The molecule has 124 heavy (non-hydrogen) atoms. The number of likely N-dealkylation sites (tertiary alicyclic amines) is 2. The molecule has 30 atom stereocenters. The Morgan fingerprint density at radius 3 is 1.43 bits per heavy atom. The minimum absolute atomic E-state index is 0.00316. The summed E-state index contributed by atoms with van der Waals surface area (Å²) in [5.74, 6) is -5.06. The highest BCUT2D eigenvalue weighted by Gasteiger charge is 2.56. The van der Waals surface area contributed by atoms with Gasteiger partial charge in [-0.25, -0.2) is 9.36 Å². The molecule has 0 spiro atoms. The molecule has 2 aromatic heterocycles. The molecule has 6 saturated heterocycles. The van der Waals surface area contributed by atoms with Crippen molar-refractivity contribution in [1.82, 2.24) is 61.1 Å². The van der Waals surface area contributed by atoms with E-state index in [0.717, 1.165) is 77.0 Å². The molecule has 40 nitrogen and oxygen atoms in total. The summed E-state index contributed by atoms with van der Waals surface area (Å²) in [5, 5.41) is 138. The van der Waals surface area contributed by atoms with Gasteiger partial charge in [0.25, 0.3) is 23.6 Å². The van der Waals surface area contributed by atoms with E-state index in [1.165, 1.54) is 42.5 Å². The Kier molecular flexibility index (Phi) is 35.9. The maximum atomic E-state index is 14.4. The molecular formula is C84H136N12O28. The maximum Gasteiger partial charge on any atom is 0.273 e. The van der Waals surface area contributed by atoms with Crippen LogP contribution in [0.15, 0.2) is 12.4 Å². The number of hydrogen-bond acceptors (Lipinski definition) is 32. The lowest BCUT2D eigenvalue weighted by Gasteiger charge is -2.49. The van der Waals surface area contributed by atoms with E-state index in [9.17, 15) is 84.6 Å². The van der Waals surface area contributed by atoms with Gasteiger partial charge in [-0.2, -0.15) is 0 Å². The fourth-order valence-corrected chi connectivity index (χ4v) is 19.3. The van der Waals surface area contributed by atoms with Crippen molar-refractivity contribution in [2.45, 2.75) is 349 Å². The molecule has 10 fully saturated rings. The lowest BCUT2D eigenvalue weighted by atomic mass is 9.74. The second-order valence-corrected chi connectivity index (χ2v) is 35.8. The van der Waals surface area contributed by atoms with Crippen molar-refractivity contribution in [3.8, 4) is 0 Å². The van der Waals surface area contributed by atoms with Crippen molar-refractivity contribution in [1.29, 1.82) is 0 Å². The molecule has 700 valence electrons. The van der Waals surface area contributed by atoms with E-state index in [1.807, 2.05) is 13.8 Å². The number of aromatic nitrogens is 6. The quantitative estimate of drug-likeness (QED) is 0.0348. The predicted molar refractivity (Wildman–Crippen MR) is 432 cm³/mol. The van der Waals surface area contributed by atoms with Gasteiger partial charge in [0.2, 0.25) is 11.8 Å². The number of rotatable bonds is 40. The minimum atomic E-state index is -1.70. The number of carbonyl (C=O) groups excluding carboxylic acids is 7. The molecule has 2 aromatic rings. The van der Waals surface area contributed by atoms with Gasteiger partial charge in [-0.05, 0) is 95.3 Å². The molecule has 1 unspecified atom stereocenters. The van der Waals surface area contributed by atoms with Gasteiger partial charge < -0.3 is 134 Å². The Labute approximate surface area is 722 Å². The van der Waals surface area contributed by atoms with E-state index >= 15 is 0 Å². The minimum Gasteiger partial charge on any atom is -0.394 e. The molecule has 0 radical (unpaired) electrons. The van der Waals surface area contributed by atoms with Gasteiger partial charge in [0.1, 0.15) is 91.2 Å². The summed E-state index contributed by atoms with van der Waals surface area (Å²) >= 11 is 0. The summed E-state index contributed by atoms with van der Waals surface area (Å²) in [4.78, 5) is 100. The van der Waals surface area contributed by atoms with Gasteiger partial charge in [0.15, 0.2) is 36.5 Å². The van der Waals surface area contributed by atoms with Gasteiger partial charge in [0.05, 0.1) is 94.6 Å². The van der Waals surface area contributed by atoms with Crippen molar-refractivity contribution in [2.24, 2.45) is 41.4 Å². The van der Waals surface area contributed by atoms with Crippen LogP contribution in [0, 0.1) is 41.4 Å². The predicted octanol–water partition coefficient (Wildman–Crippen LogP) is -1.21. The number of ketones is 1.